The Hall–Kier alpha value is -2.13. The molecule has 0 unspecified atom stereocenters. The van der Waals surface area contributed by atoms with Gasteiger partial charge in [0.05, 0.1) is 5.56 Å². The third-order valence-electron chi connectivity index (χ3n) is 3.16. The van der Waals surface area contributed by atoms with E-state index in [1.165, 1.54) is 11.1 Å². The first-order valence-electron chi connectivity index (χ1n) is 6.73. The molecule has 0 aliphatic heterocycles. The van der Waals surface area contributed by atoms with Gasteiger partial charge in [-0.3, -0.25) is 4.79 Å². The molecule has 0 atom stereocenters. The maximum atomic E-state index is 10.8. The number of ether oxygens (including phenoxy) is 1. The third-order valence-corrected chi connectivity index (χ3v) is 3.16. The van der Waals surface area contributed by atoms with E-state index >= 15 is 0 Å². The molecule has 0 bridgehead atoms. The summed E-state index contributed by atoms with van der Waals surface area (Å²) in [7, 11) is 0. The number of carbonyl (C=O) groups is 1. The van der Waals surface area contributed by atoms with Gasteiger partial charge < -0.3 is 10.1 Å². The molecule has 0 radical (unpaired) electrons. The van der Waals surface area contributed by atoms with Crippen molar-refractivity contribution >= 4 is 6.29 Å². The Labute approximate surface area is 119 Å². The average molecular weight is 269 g/mol. The van der Waals surface area contributed by atoms with E-state index in [-0.39, 0.29) is 0 Å². The van der Waals surface area contributed by atoms with Crippen molar-refractivity contribution in [3.63, 3.8) is 0 Å². The fourth-order valence-electron chi connectivity index (χ4n) is 1.97. The van der Waals surface area contributed by atoms with Crippen molar-refractivity contribution in [1.82, 2.24) is 5.32 Å². The minimum Gasteiger partial charge on any atom is -0.492 e. The van der Waals surface area contributed by atoms with Gasteiger partial charge in [0.15, 0.2) is 6.29 Å². The lowest BCUT2D eigenvalue weighted by Gasteiger charge is -2.10. The molecule has 2 aromatic rings. The monoisotopic (exact) mass is 269 g/mol. The molecule has 2 aromatic carbocycles. The molecule has 20 heavy (non-hydrogen) atoms. The van der Waals surface area contributed by atoms with E-state index in [9.17, 15) is 4.79 Å². The van der Waals surface area contributed by atoms with Gasteiger partial charge in [-0.05, 0) is 30.2 Å². The molecule has 0 amide bonds. The predicted molar refractivity (Wildman–Crippen MR) is 80.2 cm³/mol. The molecule has 0 fully saturated rings. The van der Waals surface area contributed by atoms with Crippen LogP contribution < -0.4 is 10.1 Å². The fourth-order valence-corrected chi connectivity index (χ4v) is 1.97. The Morgan fingerprint density at radius 1 is 1.10 bits per heavy atom. The van der Waals surface area contributed by atoms with Gasteiger partial charge in [0.1, 0.15) is 12.4 Å². The number of benzene rings is 2. The van der Waals surface area contributed by atoms with Crippen LogP contribution in [0.5, 0.6) is 5.75 Å². The van der Waals surface area contributed by atoms with Crippen molar-refractivity contribution in [3.8, 4) is 5.75 Å². The maximum absolute atomic E-state index is 10.8. The summed E-state index contributed by atoms with van der Waals surface area (Å²) < 4.78 is 5.60. The number of hydrogen-bond acceptors (Lipinski definition) is 3. The summed E-state index contributed by atoms with van der Waals surface area (Å²) in [6.45, 7) is 4.21. The Morgan fingerprint density at radius 3 is 2.65 bits per heavy atom. The summed E-state index contributed by atoms with van der Waals surface area (Å²) in [6, 6.07) is 15.6. The zero-order chi connectivity index (χ0) is 14.2. The van der Waals surface area contributed by atoms with Crippen molar-refractivity contribution < 1.29 is 9.53 Å². The van der Waals surface area contributed by atoms with Crippen LogP contribution in [0.25, 0.3) is 0 Å². The van der Waals surface area contributed by atoms with Gasteiger partial charge in [0.2, 0.25) is 0 Å². The van der Waals surface area contributed by atoms with Gasteiger partial charge >= 0.3 is 0 Å². The van der Waals surface area contributed by atoms with E-state index in [1.807, 2.05) is 30.3 Å². The fraction of sp³-hybridized carbons (Fsp3) is 0.235. The Balaban J connectivity index is 1.74. The summed E-state index contributed by atoms with van der Waals surface area (Å²) in [5, 5.41) is 3.34. The van der Waals surface area contributed by atoms with Crippen LogP contribution in [-0.4, -0.2) is 19.4 Å². The molecule has 2 rings (SSSR count). The topological polar surface area (TPSA) is 38.3 Å². The number of nitrogens with one attached hydrogen (secondary N) is 1. The molecule has 3 heteroatoms. The number of aryl methyl sites for hydroxylation is 1. The van der Waals surface area contributed by atoms with E-state index in [2.05, 4.69) is 24.4 Å². The van der Waals surface area contributed by atoms with Gasteiger partial charge in [-0.1, -0.05) is 36.4 Å². The number of para-hydroxylation sites is 1. The highest BCUT2D eigenvalue weighted by atomic mass is 16.5. The molecule has 3 nitrogen and oxygen atoms in total. The normalized spacial score (nSPS) is 10.2. The van der Waals surface area contributed by atoms with E-state index in [0.29, 0.717) is 17.9 Å². The lowest BCUT2D eigenvalue weighted by Crippen LogP contribution is -2.21. The lowest BCUT2D eigenvalue weighted by atomic mass is 10.1. The van der Waals surface area contributed by atoms with Crippen molar-refractivity contribution in [2.45, 2.75) is 13.5 Å². The van der Waals surface area contributed by atoms with Crippen molar-refractivity contribution in [2.75, 3.05) is 13.2 Å². The van der Waals surface area contributed by atoms with Crippen molar-refractivity contribution in [2.24, 2.45) is 0 Å². The first kappa shape index (κ1) is 14.3. The molecule has 0 aromatic heterocycles. The maximum Gasteiger partial charge on any atom is 0.153 e. The van der Waals surface area contributed by atoms with E-state index < -0.39 is 0 Å². The van der Waals surface area contributed by atoms with Crippen LogP contribution >= 0.6 is 0 Å². The molecule has 104 valence electrons. The summed E-state index contributed by atoms with van der Waals surface area (Å²) in [4.78, 5) is 10.8. The molecule has 0 saturated carbocycles. The highest BCUT2D eigenvalue weighted by molar-refractivity contribution is 5.79. The highest BCUT2D eigenvalue weighted by Crippen LogP contribution is 2.15. The molecule has 0 heterocycles. The first-order chi connectivity index (χ1) is 9.81. The van der Waals surface area contributed by atoms with Gasteiger partial charge in [-0.25, -0.2) is 0 Å². The van der Waals surface area contributed by atoms with Gasteiger partial charge in [0.25, 0.3) is 0 Å². The summed E-state index contributed by atoms with van der Waals surface area (Å²) in [6.07, 6.45) is 0.816. The van der Waals surface area contributed by atoms with Crippen molar-refractivity contribution in [1.29, 1.82) is 0 Å². The van der Waals surface area contributed by atoms with Crippen molar-refractivity contribution in [3.05, 3.63) is 65.2 Å². The Kier molecular flexibility index (Phi) is 5.33. The number of rotatable bonds is 7. The minimum absolute atomic E-state index is 0.538. The number of hydrogen-bond donors (Lipinski definition) is 1. The molecular weight excluding hydrogens is 250 g/mol. The van der Waals surface area contributed by atoms with E-state index in [4.69, 9.17) is 4.74 Å². The molecule has 0 saturated heterocycles. The molecule has 0 aliphatic rings. The van der Waals surface area contributed by atoms with Gasteiger partial charge in [-0.15, -0.1) is 0 Å². The molecular formula is C17H19NO2. The number of carbonyl (C=O) groups excluding carboxylic acids is 1. The second kappa shape index (κ2) is 7.46. The van der Waals surface area contributed by atoms with Crippen LogP contribution in [0.4, 0.5) is 0 Å². The van der Waals surface area contributed by atoms with Crippen LogP contribution in [0, 0.1) is 6.92 Å². The van der Waals surface area contributed by atoms with Gasteiger partial charge in [0, 0.05) is 13.1 Å². The predicted octanol–water partition coefficient (Wildman–Crippen LogP) is 2.98. The summed E-state index contributed by atoms with van der Waals surface area (Å²) in [5.41, 5.74) is 3.17. The zero-order valence-electron chi connectivity index (χ0n) is 11.6. The van der Waals surface area contributed by atoms with Crippen LogP contribution in [-0.2, 0) is 6.54 Å². The van der Waals surface area contributed by atoms with Crippen LogP contribution in [0.2, 0.25) is 0 Å². The second-order valence-electron chi connectivity index (χ2n) is 4.61. The molecule has 0 spiro atoms. The second-order valence-corrected chi connectivity index (χ2v) is 4.61. The minimum atomic E-state index is 0.538. The van der Waals surface area contributed by atoms with E-state index in [1.54, 1.807) is 6.07 Å². The lowest BCUT2D eigenvalue weighted by molar-refractivity contribution is 0.111. The Morgan fingerprint density at radius 2 is 1.85 bits per heavy atom. The molecule has 0 aliphatic carbocycles. The summed E-state index contributed by atoms with van der Waals surface area (Å²) in [5.74, 6) is 0.639. The smallest absolute Gasteiger partial charge is 0.153 e. The van der Waals surface area contributed by atoms with Gasteiger partial charge in [-0.2, -0.15) is 0 Å². The standard InChI is InChI=1S/C17H19NO2/c1-14-6-2-3-7-15(14)12-18-10-11-20-17-9-5-4-8-16(17)13-19/h2-9,13,18H,10-12H2,1H3. The number of aldehydes is 1. The first-order valence-corrected chi connectivity index (χ1v) is 6.73. The largest absolute Gasteiger partial charge is 0.492 e. The quantitative estimate of drug-likeness (QED) is 0.620. The molecule has 1 N–H and O–H groups in total. The van der Waals surface area contributed by atoms with Crippen LogP contribution in [0.1, 0.15) is 21.5 Å². The van der Waals surface area contributed by atoms with Crippen LogP contribution in [0.15, 0.2) is 48.5 Å². The summed E-state index contributed by atoms with van der Waals surface area (Å²) >= 11 is 0. The average Bonchev–Trinajstić information content (AvgIpc) is 2.49. The van der Waals surface area contributed by atoms with Crippen LogP contribution in [0.3, 0.4) is 0 Å². The zero-order valence-corrected chi connectivity index (χ0v) is 11.6. The highest BCUT2D eigenvalue weighted by Gasteiger charge is 2.01. The van der Waals surface area contributed by atoms with E-state index in [0.717, 1.165) is 19.4 Å². The SMILES string of the molecule is Cc1ccccc1CNCCOc1ccccc1C=O. The Bertz CT molecular complexity index is 566. The third kappa shape index (κ3) is 3.93.